The Morgan fingerprint density at radius 1 is 1.48 bits per heavy atom. The summed E-state index contributed by atoms with van der Waals surface area (Å²) >= 11 is 1.51. The van der Waals surface area contributed by atoms with Gasteiger partial charge >= 0.3 is 5.97 Å². The maximum Gasteiger partial charge on any atom is 0.353 e. The summed E-state index contributed by atoms with van der Waals surface area (Å²) in [6, 6.07) is -0.324. The van der Waals surface area contributed by atoms with Crippen LogP contribution in [0.3, 0.4) is 0 Å². The van der Waals surface area contributed by atoms with Crippen molar-refractivity contribution < 1.29 is 19.8 Å². The van der Waals surface area contributed by atoms with Gasteiger partial charge in [-0.1, -0.05) is 6.92 Å². The van der Waals surface area contributed by atoms with Crippen LogP contribution in [0.2, 0.25) is 0 Å². The van der Waals surface area contributed by atoms with Crippen molar-refractivity contribution in [3.63, 3.8) is 0 Å². The summed E-state index contributed by atoms with van der Waals surface area (Å²) in [6.07, 6.45) is 2.73. The first-order valence-electron chi connectivity index (χ1n) is 7.33. The van der Waals surface area contributed by atoms with E-state index in [9.17, 15) is 19.8 Å². The molecule has 7 nitrogen and oxygen atoms in total. The van der Waals surface area contributed by atoms with Crippen molar-refractivity contribution in [1.29, 1.82) is 0 Å². The van der Waals surface area contributed by atoms with Crippen molar-refractivity contribution in [2.24, 2.45) is 11.8 Å². The number of nitrogens with zero attached hydrogens (tertiary/aromatic N) is 3. The Balaban J connectivity index is 1.90. The van der Waals surface area contributed by atoms with Gasteiger partial charge < -0.3 is 15.1 Å². The molecule has 2 aliphatic rings. The van der Waals surface area contributed by atoms with E-state index in [2.05, 4.69) is 4.98 Å². The summed E-state index contributed by atoms with van der Waals surface area (Å²) in [4.78, 5) is 30.7. The molecule has 8 heteroatoms. The molecule has 0 unspecified atom stereocenters. The molecule has 0 saturated carbocycles. The molecule has 0 spiro atoms. The van der Waals surface area contributed by atoms with Gasteiger partial charge in [0.25, 0.3) is 0 Å². The van der Waals surface area contributed by atoms with Gasteiger partial charge in [-0.3, -0.25) is 9.20 Å². The number of aliphatic carboxylic acids is 1. The minimum Gasteiger partial charge on any atom is -0.477 e. The lowest BCUT2D eigenvalue weighted by molar-refractivity contribution is -0.163. The number of hydrogen-bond donors (Lipinski definition) is 2. The number of carboxylic acids is 1. The Hall–Kier alpha value is -2.19. The highest BCUT2D eigenvalue weighted by atomic mass is 32.1. The minimum absolute atomic E-state index is 0.0110. The van der Waals surface area contributed by atoms with Crippen molar-refractivity contribution in [3.8, 4) is 0 Å². The summed E-state index contributed by atoms with van der Waals surface area (Å²) in [7, 11) is 0. The van der Waals surface area contributed by atoms with Crippen LogP contribution >= 0.6 is 11.3 Å². The highest BCUT2D eigenvalue weighted by Gasteiger charge is 2.60. The fourth-order valence-electron chi connectivity index (χ4n) is 3.80. The van der Waals surface area contributed by atoms with Gasteiger partial charge in [-0.25, -0.2) is 9.78 Å². The van der Waals surface area contributed by atoms with Crippen LogP contribution in [0.15, 0.2) is 23.5 Å². The number of hydrogen-bond acceptors (Lipinski definition) is 5. The van der Waals surface area contributed by atoms with Gasteiger partial charge in [0.1, 0.15) is 16.4 Å². The van der Waals surface area contributed by atoms with E-state index in [4.69, 9.17) is 0 Å². The van der Waals surface area contributed by atoms with Crippen LogP contribution in [0.25, 0.3) is 10.4 Å². The van der Waals surface area contributed by atoms with E-state index in [1.54, 1.807) is 13.1 Å². The molecular weight excluding hydrogens is 318 g/mol. The van der Waals surface area contributed by atoms with Crippen LogP contribution in [0, 0.1) is 11.8 Å². The highest BCUT2D eigenvalue weighted by molar-refractivity contribution is 7.15. The van der Waals surface area contributed by atoms with Crippen LogP contribution in [0.4, 0.5) is 0 Å². The third-order valence-electron chi connectivity index (χ3n) is 4.78. The molecule has 23 heavy (non-hydrogen) atoms. The van der Waals surface area contributed by atoms with Gasteiger partial charge in [0, 0.05) is 23.1 Å². The van der Waals surface area contributed by atoms with E-state index in [0.29, 0.717) is 11.4 Å². The number of carboxylic acid groups (broad SMARTS) is 1. The average molecular weight is 333 g/mol. The van der Waals surface area contributed by atoms with Crippen molar-refractivity contribution in [1.82, 2.24) is 14.3 Å². The van der Waals surface area contributed by atoms with Crippen LogP contribution in [-0.4, -0.2) is 48.5 Å². The predicted molar refractivity (Wildman–Crippen MR) is 82.6 cm³/mol. The minimum atomic E-state index is -1.14. The smallest absolute Gasteiger partial charge is 0.353 e. The van der Waals surface area contributed by atoms with Gasteiger partial charge in [0.05, 0.1) is 24.3 Å². The number of β-lactam (4-membered cyclic amide) rings is 1. The Labute approximate surface area is 135 Å². The molecule has 2 N–H and O–H groups in total. The highest BCUT2D eigenvalue weighted by Crippen LogP contribution is 2.50. The Kier molecular flexibility index (Phi) is 2.91. The van der Waals surface area contributed by atoms with E-state index < -0.39 is 18.0 Å². The second-order valence-corrected chi connectivity index (χ2v) is 6.94. The fraction of sp³-hybridized carbons (Fsp3) is 0.400. The fourth-order valence-corrected chi connectivity index (χ4v) is 4.49. The molecule has 120 valence electrons. The van der Waals surface area contributed by atoms with E-state index in [1.165, 1.54) is 16.2 Å². The molecule has 4 heterocycles. The molecule has 0 aromatic carbocycles. The lowest BCUT2D eigenvalue weighted by atomic mass is 9.77. The van der Waals surface area contributed by atoms with E-state index >= 15 is 0 Å². The van der Waals surface area contributed by atoms with Crippen LogP contribution in [0.1, 0.15) is 19.7 Å². The molecule has 4 atom stereocenters. The molecule has 1 saturated heterocycles. The molecule has 1 amide bonds. The summed E-state index contributed by atoms with van der Waals surface area (Å²) < 4.78 is 1.84. The first-order valence-corrected chi connectivity index (χ1v) is 8.21. The standard InChI is InChI=1S/C15H15N3O4S/c1-6-9(13-16-5-8-17(13)3-4-23-8)12(15(21)22)18-11(6)10(7(2)19)14(18)20/h3-7,10-11,19H,1-2H3,(H,21,22)/t6-,7+,10+,11-/m0/s1. The van der Waals surface area contributed by atoms with E-state index in [1.807, 2.05) is 22.9 Å². The normalized spacial score (nSPS) is 28.2. The SMILES string of the molecule is C[C@@H](O)[C@H]1C(=O)N2C(C(=O)O)=C(c3ncc4sccn34)[C@H](C)[C@@H]12. The summed E-state index contributed by atoms with van der Waals surface area (Å²) in [5.41, 5.74) is 0.542. The van der Waals surface area contributed by atoms with Crippen molar-refractivity contribution in [2.45, 2.75) is 26.0 Å². The average Bonchev–Trinajstić information content (AvgIpc) is 3.11. The number of amides is 1. The van der Waals surface area contributed by atoms with Gasteiger partial charge in [0.15, 0.2) is 0 Å². The predicted octanol–water partition coefficient (Wildman–Crippen LogP) is 1.05. The van der Waals surface area contributed by atoms with Crippen LogP contribution in [-0.2, 0) is 9.59 Å². The largest absolute Gasteiger partial charge is 0.477 e. The maximum absolute atomic E-state index is 12.3. The molecule has 4 rings (SSSR count). The number of imidazole rings is 1. The third-order valence-corrected chi connectivity index (χ3v) is 5.58. The quantitative estimate of drug-likeness (QED) is 0.819. The molecule has 2 aromatic heterocycles. The van der Waals surface area contributed by atoms with Crippen molar-refractivity contribution in [3.05, 3.63) is 29.3 Å². The Bertz CT molecular complexity index is 865. The zero-order chi connectivity index (χ0) is 16.5. The monoisotopic (exact) mass is 333 g/mol. The summed E-state index contributed by atoms with van der Waals surface area (Å²) in [6.45, 7) is 3.45. The van der Waals surface area contributed by atoms with Gasteiger partial charge in [-0.15, -0.1) is 11.3 Å². The molecule has 1 fully saturated rings. The second kappa shape index (κ2) is 4.65. The van der Waals surface area contributed by atoms with Crippen LogP contribution in [0.5, 0.6) is 0 Å². The van der Waals surface area contributed by atoms with Crippen molar-refractivity contribution >= 4 is 33.6 Å². The third kappa shape index (κ3) is 1.70. The molecule has 2 aromatic rings. The summed E-state index contributed by atoms with van der Waals surface area (Å²) in [5.74, 6) is -1.68. The number of carbonyl (C=O) groups is 2. The Morgan fingerprint density at radius 2 is 2.22 bits per heavy atom. The lowest BCUT2D eigenvalue weighted by Crippen LogP contribution is -2.63. The number of carbonyl (C=O) groups excluding carboxylic acids is 1. The Morgan fingerprint density at radius 3 is 2.87 bits per heavy atom. The van der Waals surface area contributed by atoms with Crippen LogP contribution < -0.4 is 0 Å². The second-order valence-electron chi connectivity index (χ2n) is 6.01. The molecular formula is C15H15N3O4S. The van der Waals surface area contributed by atoms with Crippen molar-refractivity contribution in [2.75, 3.05) is 0 Å². The molecule has 0 bridgehead atoms. The van der Waals surface area contributed by atoms with Gasteiger partial charge in [-0.2, -0.15) is 0 Å². The van der Waals surface area contributed by atoms with E-state index in [0.717, 1.165) is 4.83 Å². The van der Waals surface area contributed by atoms with E-state index in [-0.39, 0.29) is 23.6 Å². The zero-order valence-electron chi connectivity index (χ0n) is 12.5. The number of aliphatic hydroxyl groups is 1. The number of aromatic nitrogens is 2. The van der Waals surface area contributed by atoms with Gasteiger partial charge in [0.2, 0.25) is 5.91 Å². The maximum atomic E-state index is 12.3. The molecule has 0 aliphatic carbocycles. The summed E-state index contributed by atoms with van der Waals surface area (Å²) in [5, 5.41) is 21.4. The number of aliphatic hydroxyl groups excluding tert-OH is 1. The number of fused-ring (bicyclic) bond motifs is 2. The topological polar surface area (TPSA) is 95.1 Å². The first kappa shape index (κ1) is 14.4. The zero-order valence-corrected chi connectivity index (χ0v) is 13.3. The van der Waals surface area contributed by atoms with Gasteiger partial charge in [-0.05, 0) is 6.92 Å². The number of rotatable bonds is 3. The molecule has 0 radical (unpaired) electrons. The molecule has 2 aliphatic heterocycles. The first-order chi connectivity index (χ1) is 10.9. The number of thiazole rings is 1. The lowest BCUT2D eigenvalue weighted by Gasteiger charge is -2.46.